The molecule has 0 aliphatic heterocycles. The van der Waals surface area contributed by atoms with Gasteiger partial charge in [-0.05, 0) is 31.0 Å². The Morgan fingerprint density at radius 1 is 1.14 bits per heavy atom. The first-order valence-corrected chi connectivity index (χ1v) is 9.43. The van der Waals surface area contributed by atoms with E-state index in [0.29, 0.717) is 35.0 Å². The van der Waals surface area contributed by atoms with Crippen LogP contribution in [0.25, 0.3) is 0 Å². The van der Waals surface area contributed by atoms with Gasteiger partial charge in [-0.15, -0.1) is 0 Å². The van der Waals surface area contributed by atoms with Gasteiger partial charge in [0.2, 0.25) is 0 Å². The Morgan fingerprint density at radius 2 is 1.93 bits per heavy atom. The number of hydrogen-bond acceptors (Lipinski definition) is 5. The molecule has 9 heteroatoms. The highest BCUT2D eigenvalue weighted by Crippen LogP contribution is 2.21. The van der Waals surface area contributed by atoms with E-state index >= 15 is 0 Å². The van der Waals surface area contributed by atoms with Crippen LogP contribution in [0.5, 0.6) is 0 Å². The number of nitrogens with zero attached hydrogens (tertiary/aromatic N) is 4. The van der Waals surface area contributed by atoms with Crippen LogP contribution in [0.3, 0.4) is 0 Å². The fraction of sp³-hybridized carbons (Fsp3) is 0.300. The molecule has 0 aliphatic rings. The van der Waals surface area contributed by atoms with E-state index in [4.69, 9.17) is 5.73 Å². The van der Waals surface area contributed by atoms with Crippen molar-refractivity contribution in [3.63, 3.8) is 0 Å². The van der Waals surface area contributed by atoms with Crippen LogP contribution in [-0.4, -0.2) is 31.4 Å². The number of aryl methyl sites for hydroxylation is 3. The van der Waals surface area contributed by atoms with E-state index in [1.807, 2.05) is 6.92 Å². The van der Waals surface area contributed by atoms with Crippen LogP contribution in [-0.2, 0) is 13.6 Å². The quantitative estimate of drug-likeness (QED) is 0.568. The molecule has 0 unspecified atom stereocenters. The van der Waals surface area contributed by atoms with Crippen LogP contribution in [0.15, 0.2) is 36.7 Å². The van der Waals surface area contributed by atoms with Crippen molar-refractivity contribution in [2.45, 2.75) is 33.2 Å². The zero-order valence-corrected chi connectivity index (χ0v) is 16.8. The Balaban J connectivity index is 1.76. The van der Waals surface area contributed by atoms with Gasteiger partial charge >= 0.3 is 0 Å². The Kier molecular flexibility index (Phi) is 5.96. The van der Waals surface area contributed by atoms with E-state index in [9.17, 15) is 9.59 Å². The molecule has 1 aromatic carbocycles. The molecule has 9 nitrogen and oxygen atoms in total. The summed E-state index contributed by atoms with van der Waals surface area (Å²) in [6.45, 7) is 4.60. The first-order chi connectivity index (χ1) is 13.9. The number of nitrogens with one attached hydrogen (secondary N) is 2. The topological polar surface area (TPSA) is 120 Å². The summed E-state index contributed by atoms with van der Waals surface area (Å²) in [5.41, 5.74) is 8.16. The van der Waals surface area contributed by atoms with Crippen molar-refractivity contribution in [2.75, 3.05) is 16.4 Å². The summed E-state index contributed by atoms with van der Waals surface area (Å²) >= 11 is 0. The summed E-state index contributed by atoms with van der Waals surface area (Å²) in [6.07, 6.45) is 5.00. The third kappa shape index (κ3) is 4.45. The highest BCUT2D eigenvalue weighted by Gasteiger charge is 2.17. The highest BCUT2D eigenvalue weighted by atomic mass is 16.2. The van der Waals surface area contributed by atoms with Gasteiger partial charge in [0, 0.05) is 30.9 Å². The number of hydrogen-bond donors (Lipinski definition) is 3. The number of anilines is 3. The molecule has 2 heterocycles. The van der Waals surface area contributed by atoms with Gasteiger partial charge in [-0.1, -0.05) is 19.4 Å². The Hall–Kier alpha value is -3.62. The lowest BCUT2D eigenvalue weighted by molar-refractivity contribution is 0.101. The largest absolute Gasteiger partial charge is 0.383 e. The van der Waals surface area contributed by atoms with Crippen LogP contribution in [0.1, 0.15) is 46.0 Å². The standard InChI is InChI=1S/C20H25N7O2/c1-4-5-10-27-18(21)15(12-23-27)20(29)24-16-11-14(7-6-13(16)2)19(28)25-17-8-9-22-26(17)3/h6-9,11-12H,4-5,10,21H2,1-3H3,(H,24,29)(H,25,28). The monoisotopic (exact) mass is 395 g/mol. The lowest BCUT2D eigenvalue weighted by Gasteiger charge is -2.11. The second-order valence-electron chi connectivity index (χ2n) is 6.80. The number of nitrogen functional groups attached to an aromatic ring is 1. The van der Waals surface area contributed by atoms with Crippen LogP contribution < -0.4 is 16.4 Å². The molecular formula is C20H25N7O2. The summed E-state index contributed by atoms with van der Waals surface area (Å²) in [7, 11) is 1.74. The molecule has 0 atom stereocenters. The van der Waals surface area contributed by atoms with Gasteiger partial charge in [-0.25, -0.2) is 4.68 Å². The Bertz CT molecular complexity index is 1040. The molecule has 0 saturated heterocycles. The minimum Gasteiger partial charge on any atom is -0.383 e. The summed E-state index contributed by atoms with van der Waals surface area (Å²) in [5.74, 6) is 0.251. The molecule has 0 fully saturated rings. The van der Waals surface area contributed by atoms with Crippen molar-refractivity contribution in [2.24, 2.45) is 7.05 Å². The van der Waals surface area contributed by atoms with Crippen molar-refractivity contribution in [1.82, 2.24) is 19.6 Å². The fourth-order valence-electron chi connectivity index (χ4n) is 2.83. The maximum atomic E-state index is 12.7. The van der Waals surface area contributed by atoms with Gasteiger partial charge in [0.1, 0.15) is 17.2 Å². The van der Waals surface area contributed by atoms with Crippen LogP contribution in [0, 0.1) is 6.92 Å². The highest BCUT2D eigenvalue weighted by molar-refractivity contribution is 6.09. The van der Waals surface area contributed by atoms with Gasteiger partial charge in [-0.2, -0.15) is 10.2 Å². The van der Waals surface area contributed by atoms with Gasteiger partial charge in [0.15, 0.2) is 0 Å². The summed E-state index contributed by atoms with van der Waals surface area (Å²) in [6, 6.07) is 6.82. The summed E-state index contributed by atoms with van der Waals surface area (Å²) in [5, 5.41) is 13.8. The number of carbonyl (C=O) groups excluding carboxylic acids is 2. The van der Waals surface area contributed by atoms with Crippen molar-refractivity contribution in [3.05, 3.63) is 53.3 Å². The molecule has 0 radical (unpaired) electrons. The molecule has 0 bridgehead atoms. The molecule has 0 spiro atoms. The number of benzene rings is 1. The molecule has 152 valence electrons. The molecule has 29 heavy (non-hydrogen) atoms. The van der Waals surface area contributed by atoms with E-state index < -0.39 is 0 Å². The average molecular weight is 395 g/mol. The van der Waals surface area contributed by atoms with Crippen molar-refractivity contribution in [1.29, 1.82) is 0 Å². The van der Waals surface area contributed by atoms with Crippen molar-refractivity contribution in [3.8, 4) is 0 Å². The third-order valence-electron chi connectivity index (χ3n) is 4.66. The Morgan fingerprint density at radius 3 is 2.62 bits per heavy atom. The number of carbonyl (C=O) groups is 2. The van der Waals surface area contributed by atoms with Crippen LogP contribution in [0.4, 0.5) is 17.3 Å². The number of aromatic nitrogens is 4. The van der Waals surface area contributed by atoms with E-state index in [1.54, 1.807) is 46.9 Å². The zero-order chi connectivity index (χ0) is 21.0. The molecule has 2 aromatic heterocycles. The minimum atomic E-state index is -0.363. The molecular weight excluding hydrogens is 370 g/mol. The number of unbranched alkanes of at least 4 members (excludes halogenated alkanes) is 1. The summed E-state index contributed by atoms with van der Waals surface area (Å²) < 4.78 is 3.19. The molecule has 2 amide bonds. The lowest BCUT2D eigenvalue weighted by Crippen LogP contribution is -2.17. The van der Waals surface area contributed by atoms with E-state index in [2.05, 4.69) is 27.8 Å². The van der Waals surface area contributed by atoms with E-state index in [0.717, 1.165) is 18.4 Å². The van der Waals surface area contributed by atoms with Gasteiger partial charge in [-0.3, -0.25) is 14.3 Å². The fourth-order valence-corrected chi connectivity index (χ4v) is 2.83. The van der Waals surface area contributed by atoms with Crippen molar-refractivity contribution < 1.29 is 9.59 Å². The second-order valence-corrected chi connectivity index (χ2v) is 6.80. The molecule has 4 N–H and O–H groups in total. The van der Waals surface area contributed by atoms with E-state index in [-0.39, 0.29) is 11.8 Å². The lowest BCUT2D eigenvalue weighted by atomic mass is 10.1. The predicted octanol–water partition coefficient (Wildman–Crippen LogP) is 2.81. The minimum absolute atomic E-state index is 0.295. The maximum absolute atomic E-state index is 12.7. The third-order valence-corrected chi connectivity index (χ3v) is 4.66. The number of nitrogens with two attached hydrogens (primary N) is 1. The average Bonchev–Trinajstić information content (AvgIpc) is 3.27. The molecule has 0 saturated carbocycles. The smallest absolute Gasteiger partial charge is 0.261 e. The Labute approximate surface area is 168 Å². The van der Waals surface area contributed by atoms with Crippen LogP contribution >= 0.6 is 0 Å². The number of rotatable bonds is 7. The maximum Gasteiger partial charge on any atom is 0.261 e. The first-order valence-electron chi connectivity index (χ1n) is 9.43. The summed E-state index contributed by atoms with van der Waals surface area (Å²) in [4.78, 5) is 25.2. The normalized spacial score (nSPS) is 10.7. The molecule has 3 rings (SSSR count). The van der Waals surface area contributed by atoms with Gasteiger partial charge < -0.3 is 16.4 Å². The van der Waals surface area contributed by atoms with Gasteiger partial charge in [0.25, 0.3) is 11.8 Å². The molecule has 0 aliphatic carbocycles. The van der Waals surface area contributed by atoms with E-state index in [1.165, 1.54) is 6.20 Å². The first kappa shape index (κ1) is 20.1. The zero-order valence-electron chi connectivity index (χ0n) is 16.8. The SMILES string of the molecule is CCCCn1ncc(C(=O)Nc2cc(C(=O)Nc3ccnn3C)ccc2C)c1N. The number of amides is 2. The van der Waals surface area contributed by atoms with Crippen LogP contribution in [0.2, 0.25) is 0 Å². The van der Waals surface area contributed by atoms with Gasteiger partial charge in [0.05, 0.1) is 12.4 Å². The van der Waals surface area contributed by atoms with Crippen molar-refractivity contribution >= 4 is 29.1 Å². The second kappa shape index (κ2) is 8.59. The predicted molar refractivity (Wildman–Crippen MR) is 112 cm³/mol. The molecule has 3 aromatic rings.